The Kier molecular flexibility index (Phi) is 6.54. The molecule has 128 valence electrons. The molecule has 0 heterocycles. The minimum absolute atomic E-state index is 0.322. The average molecular weight is 355 g/mol. The Morgan fingerprint density at radius 1 is 1.00 bits per heavy atom. The molecule has 0 saturated heterocycles. The Balaban J connectivity index is 1.80. The number of rotatable bonds is 7. The van der Waals surface area contributed by atoms with E-state index in [2.05, 4.69) is 5.32 Å². The van der Waals surface area contributed by atoms with E-state index in [9.17, 15) is 22.2 Å². The van der Waals surface area contributed by atoms with Gasteiger partial charge in [0.05, 0.1) is 5.69 Å². The first kappa shape index (κ1) is 18.2. The molecule has 2 rings (SSSR count). The van der Waals surface area contributed by atoms with E-state index in [0.717, 1.165) is 18.1 Å². The number of amides is 1. The number of aryl methyl sites for hydroxylation is 1. The van der Waals surface area contributed by atoms with Crippen LogP contribution in [0.1, 0.15) is 12.0 Å². The second kappa shape index (κ2) is 8.63. The summed E-state index contributed by atoms with van der Waals surface area (Å²) in [5.74, 6) is -5.18. The maximum atomic E-state index is 13.4. The van der Waals surface area contributed by atoms with Crippen molar-refractivity contribution >= 4 is 22.4 Å². The van der Waals surface area contributed by atoms with Gasteiger partial charge in [-0.15, -0.1) is 0 Å². The van der Waals surface area contributed by atoms with E-state index in [4.69, 9.17) is 0 Å². The second-order valence-electron chi connectivity index (χ2n) is 5.15. The van der Waals surface area contributed by atoms with Crippen LogP contribution < -0.4 is 5.32 Å². The van der Waals surface area contributed by atoms with Crippen molar-refractivity contribution in [2.45, 2.75) is 12.8 Å². The zero-order valence-electron chi connectivity index (χ0n) is 12.7. The van der Waals surface area contributed by atoms with Crippen LogP contribution in [0.5, 0.6) is 0 Å². The van der Waals surface area contributed by atoms with E-state index >= 15 is 0 Å². The van der Waals surface area contributed by atoms with E-state index in [1.165, 1.54) is 0 Å². The van der Waals surface area contributed by atoms with Crippen molar-refractivity contribution in [3.8, 4) is 0 Å². The molecule has 2 aromatic rings. The fraction of sp³-hybridized carbons (Fsp3) is 0.235. The molecule has 3 nitrogen and oxygen atoms in total. The Hall–Kier alpha value is -2.15. The highest BCUT2D eigenvalue weighted by Crippen LogP contribution is 2.19. The quantitative estimate of drug-likeness (QED) is 0.774. The van der Waals surface area contributed by atoms with Crippen LogP contribution in [0, 0.1) is 17.5 Å². The molecule has 0 aromatic heterocycles. The zero-order valence-corrected chi connectivity index (χ0v) is 13.5. The van der Waals surface area contributed by atoms with Crippen molar-refractivity contribution in [2.24, 2.45) is 0 Å². The molecule has 1 amide bonds. The fourth-order valence-corrected chi connectivity index (χ4v) is 3.08. The third kappa shape index (κ3) is 5.19. The lowest BCUT2D eigenvalue weighted by atomic mass is 10.1. The maximum absolute atomic E-state index is 13.4. The van der Waals surface area contributed by atoms with Gasteiger partial charge in [-0.1, -0.05) is 30.3 Å². The monoisotopic (exact) mass is 355 g/mol. The first-order valence-electron chi connectivity index (χ1n) is 7.29. The number of hydrogen-bond acceptors (Lipinski definition) is 2. The molecule has 0 unspecified atom stereocenters. The number of hydrogen-bond donors (Lipinski definition) is 1. The number of anilines is 1. The lowest BCUT2D eigenvalue weighted by Gasteiger charge is -2.07. The number of carbonyl (C=O) groups is 1. The highest BCUT2D eigenvalue weighted by molar-refractivity contribution is 7.85. The normalized spacial score (nSPS) is 12.0. The van der Waals surface area contributed by atoms with E-state index < -0.39 is 39.8 Å². The number of benzene rings is 2. The van der Waals surface area contributed by atoms with Crippen LogP contribution in [0.25, 0.3) is 0 Å². The summed E-state index contributed by atoms with van der Waals surface area (Å²) in [5, 5.41) is 2.10. The smallest absolute Gasteiger partial charge is 0.237 e. The van der Waals surface area contributed by atoms with Crippen LogP contribution in [0.4, 0.5) is 18.9 Å². The van der Waals surface area contributed by atoms with Gasteiger partial charge in [0.25, 0.3) is 0 Å². The van der Waals surface area contributed by atoms with Crippen molar-refractivity contribution in [1.82, 2.24) is 0 Å². The maximum Gasteiger partial charge on any atom is 0.237 e. The van der Waals surface area contributed by atoms with Crippen LogP contribution in [-0.4, -0.2) is 21.6 Å². The summed E-state index contributed by atoms with van der Waals surface area (Å²) in [6.07, 6.45) is 1.38. The largest absolute Gasteiger partial charge is 0.323 e. The molecule has 0 bridgehead atoms. The van der Waals surface area contributed by atoms with E-state index in [0.29, 0.717) is 18.2 Å². The first-order chi connectivity index (χ1) is 11.5. The molecule has 7 heteroatoms. The van der Waals surface area contributed by atoms with Crippen LogP contribution in [-0.2, 0) is 22.0 Å². The van der Waals surface area contributed by atoms with Crippen molar-refractivity contribution in [1.29, 1.82) is 0 Å². The molecule has 1 N–H and O–H groups in total. The lowest BCUT2D eigenvalue weighted by Crippen LogP contribution is -2.22. The molecular weight excluding hydrogens is 339 g/mol. The van der Waals surface area contributed by atoms with Gasteiger partial charge in [0.1, 0.15) is 5.75 Å². The van der Waals surface area contributed by atoms with Crippen LogP contribution >= 0.6 is 0 Å². The van der Waals surface area contributed by atoms with E-state index in [-0.39, 0.29) is 5.75 Å². The summed E-state index contributed by atoms with van der Waals surface area (Å²) in [6, 6.07) is 11.3. The Morgan fingerprint density at radius 2 is 1.71 bits per heavy atom. The lowest BCUT2D eigenvalue weighted by molar-refractivity contribution is -0.113. The van der Waals surface area contributed by atoms with Crippen molar-refractivity contribution in [2.75, 3.05) is 16.8 Å². The number of carbonyl (C=O) groups excluding carboxylic acids is 1. The molecule has 0 spiro atoms. The van der Waals surface area contributed by atoms with Crippen molar-refractivity contribution < 1.29 is 22.2 Å². The van der Waals surface area contributed by atoms with Gasteiger partial charge in [-0.25, -0.2) is 13.2 Å². The van der Waals surface area contributed by atoms with Gasteiger partial charge in [0.15, 0.2) is 17.5 Å². The molecule has 2 aromatic carbocycles. The molecule has 0 fully saturated rings. The molecule has 24 heavy (non-hydrogen) atoms. The second-order valence-corrected chi connectivity index (χ2v) is 6.73. The minimum Gasteiger partial charge on any atom is -0.323 e. The summed E-state index contributed by atoms with van der Waals surface area (Å²) >= 11 is 0. The summed E-state index contributed by atoms with van der Waals surface area (Å²) in [4.78, 5) is 11.7. The Bertz CT molecular complexity index is 738. The predicted octanol–water partition coefficient (Wildman–Crippen LogP) is 3.42. The summed E-state index contributed by atoms with van der Waals surface area (Å²) in [5.41, 5.74) is 0.642. The number of halogens is 3. The fourth-order valence-electron chi connectivity index (χ4n) is 2.11. The van der Waals surface area contributed by atoms with Crippen LogP contribution in [0.2, 0.25) is 0 Å². The van der Waals surface area contributed by atoms with Gasteiger partial charge in [0.2, 0.25) is 5.91 Å². The molecule has 0 saturated carbocycles. The predicted molar refractivity (Wildman–Crippen MR) is 87.6 cm³/mol. The third-order valence-electron chi connectivity index (χ3n) is 3.28. The summed E-state index contributed by atoms with van der Waals surface area (Å²) in [7, 11) is -1.42. The van der Waals surface area contributed by atoms with Crippen molar-refractivity contribution in [3.05, 3.63) is 65.5 Å². The topological polar surface area (TPSA) is 46.2 Å². The van der Waals surface area contributed by atoms with Gasteiger partial charge in [-0.2, -0.15) is 0 Å². The van der Waals surface area contributed by atoms with Crippen LogP contribution in [0.3, 0.4) is 0 Å². The van der Waals surface area contributed by atoms with Crippen molar-refractivity contribution in [3.63, 3.8) is 0 Å². The molecule has 1 atom stereocenters. The first-order valence-corrected chi connectivity index (χ1v) is 8.78. The zero-order chi connectivity index (χ0) is 17.5. The van der Waals surface area contributed by atoms with Gasteiger partial charge >= 0.3 is 0 Å². The average Bonchev–Trinajstić information content (AvgIpc) is 2.56. The third-order valence-corrected chi connectivity index (χ3v) is 4.61. The van der Waals surface area contributed by atoms with Crippen LogP contribution in [0.15, 0.2) is 42.5 Å². The standard InChI is InChI=1S/C17H16F3NO2S/c18-13-8-9-14(17(20)16(13)19)21-15(22)11-24(23)10-4-7-12-5-2-1-3-6-12/h1-3,5-6,8-9H,4,7,10-11H2,(H,21,22)/t24-/m0/s1. The molecular formula is C17H16F3NO2S. The van der Waals surface area contributed by atoms with Gasteiger partial charge in [-0.05, 0) is 30.5 Å². The minimum atomic E-state index is -1.66. The van der Waals surface area contributed by atoms with E-state index in [1.807, 2.05) is 30.3 Å². The Morgan fingerprint density at radius 3 is 2.42 bits per heavy atom. The Labute approximate surface area is 140 Å². The van der Waals surface area contributed by atoms with E-state index in [1.54, 1.807) is 0 Å². The molecule has 0 radical (unpaired) electrons. The molecule has 0 aliphatic rings. The SMILES string of the molecule is O=C(C[S@@](=O)CCCc1ccccc1)Nc1ccc(F)c(F)c1F. The summed E-state index contributed by atoms with van der Waals surface area (Å²) < 4.78 is 51.2. The summed E-state index contributed by atoms with van der Waals surface area (Å²) in [6.45, 7) is 0. The number of nitrogens with one attached hydrogen (secondary N) is 1. The highest BCUT2D eigenvalue weighted by Gasteiger charge is 2.16. The van der Waals surface area contributed by atoms with Gasteiger partial charge in [0, 0.05) is 16.6 Å². The molecule has 0 aliphatic carbocycles. The molecule has 0 aliphatic heterocycles. The van der Waals surface area contributed by atoms with Gasteiger partial charge in [-0.3, -0.25) is 9.00 Å². The highest BCUT2D eigenvalue weighted by atomic mass is 32.2. The van der Waals surface area contributed by atoms with Gasteiger partial charge < -0.3 is 5.32 Å².